The van der Waals surface area contributed by atoms with Gasteiger partial charge in [-0.3, -0.25) is 0 Å². The summed E-state index contributed by atoms with van der Waals surface area (Å²) in [4.78, 5) is 0. The number of halogens is 1. The zero-order valence-electron chi connectivity index (χ0n) is 10.2. The molecule has 0 heterocycles. The highest BCUT2D eigenvalue weighted by Crippen LogP contribution is 2.37. The summed E-state index contributed by atoms with van der Waals surface area (Å²) in [5, 5.41) is 7.88. The maximum absolute atomic E-state index is 3.70. The molecule has 0 spiro atoms. The molecule has 0 atom stereocenters. The van der Waals surface area contributed by atoms with Crippen molar-refractivity contribution in [3.8, 4) is 0 Å². The van der Waals surface area contributed by atoms with Crippen molar-refractivity contribution in [1.82, 2.24) is 0 Å². The highest BCUT2D eigenvalue weighted by Gasteiger charge is 2.09. The molecule has 0 fully saturated rings. The summed E-state index contributed by atoms with van der Waals surface area (Å²) in [6, 6.07) is 23.7. The zero-order valence-corrected chi connectivity index (χ0v) is 11.8. The molecule has 0 unspecified atom stereocenters. The van der Waals surface area contributed by atoms with Crippen molar-refractivity contribution in [2.75, 3.05) is 0 Å². The van der Waals surface area contributed by atoms with Crippen LogP contribution in [0.4, 0.5) is 0 Å². The van der Waals surface area contributed by atoms with Crippen LogP contribution < -0.4 is 0 Å². The lowest BCUT2D eigenvalue weighted by Gasteiger charge is -2.11. The third kappa shape index (κ3) is 1.52. The largest absolute Gasteiger partial charge is 0.0616 e. The molecular weight excluding hydrogens is 296 g/mol. The van der Waals surface area contributed by atoms with Gasteiger partial charge in [-0.25, -0.2) is 0 Å². The molecule has 0 amide bonds. The molecule has 4 rings (SSSR count). The highest BCUT2D eigenvalue weighted by molar-refractivity contribution is 9.10. The fourth-order valence-electron chi connectivity index (χ4n) is 2.91. The Hall–Kier alpha value is -1.86. The monoisotopic (exact) mass is 306 g/mol. The van der Waals surface area contributed by atoms with Crippen molar-refractivity contribution in [2.45, 2.75) is 0 Å². The number of rotatable bonds is 0. The third-order valence-corrected chi connectivity index (χ3v) is 4.38. The van der Waals surface area contributed by atoms with E-state index in [2.05, 4.69) is 82.7 Å². The van der Waals surface area contributed by atoms with Gasteiger partial charge in [-0.05, 0) is 33.0 Å². The van der Waals surface area contributed by atoms with Crippen LogP contribution in [0.2, 0.25) is 0 Å². The molecule has 0 radical (unpaired) electrons. The number of benzene rings is 4. The van der Waals surface area contributed by atoms with Crippen LogP contribution in [-0.4, -0.2) is 0 Å². The van der Waals surface area contributed by atoms with Crippen LogP contribution in [0.15, 0.2) is 71.2 Å². The Kier molecular flexibility index (Phi) is 2.36. The zero-order chi connectivity index (χ0) is 12.8. The minimum absolute atomic E-state index is 1.16. The van der Waals surface area contributed by atoms with Gasteiger partial charge < -0.3 is 0 Å². The molecular formula is C18H11Br. The predicted molar refractivity (Wildman–Crippen MR) is 86.7 cm³/mol. The van der Waals surface area contributed by atoms with Crippen LogP contribution in [-0.2, 0) is 0 Å². The summed E-state index contributed by atoms with van der Waals surface area (Å²) in [6.07, 6.45) is 0. The van der Waals surface area contributed by atoms with Gasteiger partial charge in [0.2, 0.25) is 0 Å². The van der Waals surface area contributed by atoms with Gasteiger partial charge in [-0.1, -0.05) is 76.6 Å². The van der Waals surface area contributed by atoms with E-state index in [0.29, 0.717) is 0 Å². The first-order valence-electron chi connectivity index (χ1n) is 6.34. The summed E-state index contributed by atoms with van der Waals surface area (Å²) in [5.74, 6) is 0. The van der Waals surface area contributed by atoms with E-state index in [1.54, 1.807) is 0 Å². The lowest BCUT2D eigenvalue weighted by atomic mass is 9.94. The molecule has 0 aliphatic heterocycles. The van der Waals surface area contributed by atoms with Gasteiger partial charge in [0.05, 0.1) is 0 Å². The number of fused-ring (bicyclic) bond motifs is 6. The van der Waals surface area contributed by atoms with Gasteiger partial charge in [-0.2, -0.15) is 0 Å². The first-order chi connectivity index (χ1) is 9.36. The molecule has 1 heteroatoms. The molecule has 0 bridgehead atoms. The van der Waals surface area contributed by atoms with E-state index < -0.39 is 0 Å². The minimum atomic E-state index is 1.16. The molecule has 4 aromatic rings. The Bertz CT molecular complexity index is 877. The van der Waals surface area contributed by atoms with Crippen molar-refractivity contribution in [3.05, 3.63) is 71.2 Å². The molecule has 0 N–H and O–H groups in total. The van der Waals surface area contributed by atoms with Crippen molar-refractivity contribution >= 4 is 48.2 Å². The molecule has 0 aromatic heterocycles. The second-order valence-corrected chi connectivity index (χ2v) is 5.61. The fraction of sp³-hybridized carbons (Fsp3) is 0. The van der Waals surface area contributed by atoms with Gasteiger partial charge in [0.1, 0.15) is 0 Å². The molecule has 0 aliphatic carbocycles. The van der Waals surface area contributed by atoms with Crippen molar-refractivity contribution < 1.29 is 0 Å². The second-order valence-electron chi connectivity index (χ2n) is 4.75. The summed E-state index contributed by atoms with van der Waals surface area (Å²) in [6.45, 7) is 0. The molecule has 19 heavy (non-hydrogen) atoms. The average molecular weight is 307 g/mol. The molecule has 0 aliphatic rings. The Labute approximate surface area is 119 Å². The first kappa shape index (κ1) is 11.0. The third-order valence-electron chi connectivity index (χ3n) is 3.72. The summed E-state index contributed by atoms with van der Waals surface area (Å²) in [5.41, 5.74) is 0. The Balaban J connectivity index is 2.48. The normalized spacial score (nSPS) is 11.4. The topological polar surface area (TPSA) is 0 Å². The number of hydrogen-bond donors (Lipinski definition) is 0. The van der Waals surface area contributed by atoms with Crippen LogP contribution in [0, 0.1) is 0 Å². The Morgan fingerprint density at radius 2 is 0.895 bits per heavy atom. The van der Waals surface area contributed by atoms with Crippen LogP contribution >= 0.6 is 15.9 Å². The average Bonchev–Trinajstić information content (AvgIpc) is 2.47. The fourth-order valence-corrected chi connectivity index (χ4v) is 3.49. The smallest absolute Gasteiger partial charge is 0.0260 e. The maximum atomic E-state index is 3.70. The SMILES string of the molecule is Brc1cccc2c3ccccc3c3ccccc3c12. The lowest BCUT2D eigenvalue weighted by molar-refractivity contribution is 1.74. The minimum Gasteiger partial charge on any atom is -0.0616 e. The molecule has 0 saturated carbocycles. The quantitative estimate of drug-likeness (QED) is 0.354. The van der Waals surface area contributed by atoms with Crippen LogP contribution in [0.5, 0.6) is 0 Å². The Morgan fingerprint density at radius 3 is 1.47 bits per heavy atom. The standard InChI is InChI=1S/C18H11Br/c19-17-11-5-10-16-14-7-2-1-6-12(14)13-8-3-4-9-15(13)18(16)17/h1-11H. The summed E-state index contributed by atoms with van der Waals surface area (Å²) >= 11 is 3.70. The van der Waals surface area contributed by atoms with Gasteiger partial charge in [0.25, 0.3) is 0 Å². The van der Waals surface area contributed by atoms with E-state index in [4.69, 9.17) is 0 Å². The van der Waals surface area contributed by atoms with Crippen molar-refractivity contribution in [2.24, 2.45) is 0 Å². The molecule has 0 nitrogen and oxygen atoms in total. The van der Waals surface area contributed by atoms with Gasteiger partial charge in [-0.15, -0.1) is 0 Å². The molecule has 4 aromatic carbocycles. The summed E-state index contributed by atoms with van der Waals surface area (Å²) < 4.78 is 1.16. The van der Waals surface area contributed by atoms with Crippen LogP contribution in [0.3, 0.4) is 0 Å². The van der Waals surface area contributed by atoms with E-state index in [-0.39, 0.29) is 0 Å². The molecule has 0 saturated heterocycles. The van der Waals surface area contributed by atoms with E-state index in [9.17, 15) is 0 Å². The highest BCUT2D eigenvalue weighted by atomic mass is 79.9. The van der Waals surface area contributed by atoms with Gasteiger partial charge in [0.15, 0.2) is 0 Å². The molecule has 90 valence electrons. The predicted octanol–water partition coefficient (Wildman–Crippen LogP) is 5.91. The van der Waals surface area contributed by atoms with Crippen LogP contribution in [0.1, 0.15) is 0 Å². The number of hydrogen-bond acceptors (Lipinski definition) is 0. The maximum Gasteiger partial charge on any atom is 0.0260 e. The van der Waals surface area contributed by atoms with Crippen molar-refractivity contribution in [1.29, 1.82) is 0 Å². The van der Waals surface area contributed by atoms with E-state index >= 15 is 0 Å². The van der Waals surface area contributed by atoms with E-state index in [1.807, 2.05) is 0 Å². The second kappa shape index (κ2) is 4.07. The summed E-state index contributed by atoms with van der Waals surface area (Å²) in [7, 11) is 0. The van der Waals surface area contributed by atoms with E-state index in [0.717, 1.165) is 4.47 Å². The first-order valence-corrected chi connectivity index (χ1v) is 7.13. The van der Waals surface area contributed by atoms with Gasteiger partial charge in [0, 0.05) is 9.86 Å². The van der Waals surface area contributed by atoms with Gasteiger partial charge >= 0.3 is 0 Å². The lowest BCUT2D eigenvalue weighted by Crippen LogP contribution is -1.83. The van der Waals surface area contributed by atoms with Crippen molar-refractivity contribution in [3.63, 3.8) is 0 Å². The Morgan fingerprint density at radius 1 is 0.474 bits per heavy atom. The van der Waals surface area contributed by atoms with Crippen LogP contribution in [0.25, 0.3) is 32.3 Å². The van der Waals surface area contributed by atoms with E-state index in [1.165, 1.54) is 32.3 Å².